The van der Waals surface area contributed by atoms with Crippen LogP contribution in [0.5, 0.6) is 0 Å². The zero-order chi connectivity index (χ0) is 13.0. The molecule has 7 nitrogen and oxygen atoms in total. The average Bonchev–Trinajstić information content (AvgIpc) is 1.78. The summed E-state index contributed by atoms with van der Waals surface area (Å²) >= 11 is 0. The predicted octanol–water partition coefficient (Wildman–Crippen LogP) is 0.0696. The quantitative estimate of drug-likeness (QED) is 0.425. The lowest BCUT2D eigenvalue weighted by atomic mass is 10.7. The van der Waals surface area contributed by atoms with E-state index in [-0.39, 0.29) is 0 Å². The third kappa shape index (κ3) is 237. The molecule has 0 aliphatic carbocycles. The molecule has 0 radical (unpaired) electrons. The molecule has 0 amide bonds. The van der Waals surface area contributed by atoms with E-state index in [0.717, 1.165) is 13.8 Å². The van der Waals surface area contributed by atoms with Gasteiger partial charge in [-0.1, -0.05) is 0 Å². The molecule has 15 heavy (non-hydrogen) atoms. The lowest BCUT2D eigenvalue weighted by Crippen LogP contribution is -2.09. The van der Waals surface area contributed by atoms with Gasteiger partial charge in [-0.2, -0.15) is 0 Å². The number of carbonyl (C=O) groups is 3. The normalized spacial score (nSPS) is 9.40. The van der Waals surface area contributed by atoms with Crippen molar-refractivity contribution in [3.8, 4) is 0 Å². The SMILES string of the molecule is CC(=O)O.CC(=O)O.CC(=O)OC(C)O. The molecule has 1 atom stereocenters. The van der Waals surface area contributed by atoms with Crippen LogP contribution in [0.2, 0.25) is 0 Å². The molecular formula is C8H16O7. The van der Waals surface area contributed by atoms with E-state index in [9.17, 15) is 4.79 Å². The van der Waals surface area contributed by atoms with E-state index in [1.165, 1.54) is 13.8 Å². The molecule has 0 aliphatic rings. The molecule has 0 heterocycles. The molecule has 90 valence electrons. The monoisotopic (exact) mass is 224 g/mol. The summed E-state index contributed by atoms with van der Waals surface area (Å²) < 4.78 is 4.17. The molecule has 0 aromatic carbocycles. The molecule has 0 bridgehead atoms. The lowest BCUT2D eigenvalue weighted by Gasteiger charge is -2.00. The standard InChI is InChI=1S/C4H8O3.2C2H4O2/c1-3(5)7-4(2)6;2*1-2(3)4/h3,5H,1-2H3;2*1H3,(H,3,4). The highest BCUT2D eigenvalue weighted by atomic mass is 16.6. The Hall–Kier alpha value is -1.63. The Kier molecular flexibility index (Phi) is 15.7. The van der Waals surface area contributed by atoms with Gasteiger partial charge in [0.25, 0.3) is 11.9 Å². The van der Waals surface area contributed by atoms with Crippen molar-refractivity contribution in [2.75, 3.05) is 0 Å². The van der Waals surface area contributed by atoms with Crippen molar-refractivity contribution in [2.45, 2.75) is 34.0 Å². The summed E-state index contributed by atoms with van der Waals surface area (Å²) in [7, 11) is 0. The van der Waals surface area contributed by atoms with Gasteiger partial charge in [-0.25, -0.2) is 0 Å². The smallest absolute Gasteiger partial charge is 0.304 e. The van der Waals surface area contributed by atoms with Crippen molar-refractivity contribution >= 4 is 17.9 Å². The van der Waals surface area contributed by atoms with Crippen LogP contribution >= 0.6 is 0 Å². The summed E-state index contributed by atoms with van der Waals surface area (Å²) in [6, 6.07) is 0. The fraction of sp³-hybridized carbons (Fsp3) is 0.625. The number of carbonyl (C=O) groups excluding carboxylic acids is 1. The van der Waals surface area contributed by atoms with Gasteiger partial charge in [-0.15, -0.1) is 0 Å². The van der Waals surface area contributed by atoms with Crippen molar-refractivity contribution < 1.29 is 34.4 Å². The van der Waals surface area contributed by atoms with E-state index in [1.807, 2.05) is 0 Å². The van der Waals surface area contributed by atoms with E-state index in [2.05, 4.69) is 4.74 Å². The number of ether oxygens (including phenoxy) is 1. The number of hydrogen-bond acceptors (Lipinski definition) is 5. The highest BCUT2D eigenvalue weighted by molar-refractivity contribution is 5.65. The number of carboxylic acids is 2. The highest BCUT2D eigenvalue weighted by Crippen LogP contribution is 1.81. The summed E-state index contributed by atoms with van der Waals surface area (Å²) in [6.45, 7) is 4.79. The van der Waals surface area contributed by atoms with Crippen LogP contribution in [-0.2, 0) is 19.1 Å². The van der Waals surface area contributed by atoms with Gasteiger partial charge in [0.05, 0.1) is 0 Å². The molecule has 1 unspecified atom stereocenters. The van der Waals surface area contributed by atoms with Gasteiger partial charge < -0.3 is 20.1 Å². The number of hydrogen-bond donors (Lipinski definition) is 3. The highest BCUT2D eigenvalue weighted by Gasteiger charge is 1.95. The number of aliphatic hydroxyl groups is 1. The summed E-state index contributed by atoms with van der Waals surface area (Å²) in [5, 5.41) is 23.1. The molecule has 7 heteroatoms. The third-order valence-corrected chi connectivity index (χ3v) is 0.337. The van der Waals surface area contributed by atoms with Crippen LogP contribution in [0.4, 0.5) is 0 Å². The second kappa shape index (κ2) is 12.4. The molecule has 0 spiro atoms. The Morgan fingerprint density at radius 2 is 1.20 bits per heavy atom. The van der Waals surface area contributed by atoms with Crippen LogP contribution in [0.15, 0.2) is 0 Å². The Balaban J connectivity index is -0.000000155. The predicted molar refractivity (Wildman–Crippen MR) is 50.1 cm³/mol. The van der Waals surface area contributed by atoms with Crippen molar-refractivity contribution in [1.82, 2.24) is 0 Å². The molecule has 0 aromatic heterocycles. The first-order valence-electron chi connectivity index (χ1n) is 3.83. The topological polar surface area (TPSA) is 121 Å². The fourth-order valence-electron chi connectivity index (χ4n) is 0.240. The Morgan fingerprint density at radius 3 is 1.20 bits per heavy atom. The lowest BCUT2D eigenvalue weighted by molar-refractivity contribution is -0.161. The second-order valence-corrected chi connectivity index (χ2v) is 2.25. The summed E-state index contributed by atoms with van der Waals surface area (Å²) in [4.78, 5) is 27.9. The van der Waals surface area contributed by atoms with E-state index in [0.29, 0.717) is 0 Å². The fourth-order valence-corrected chi connectivity index (χ4v) is 0.240. The Labute approximate surface area is 87.3 Å². The minimum atomic E-state index is -0.975. The number of carboxylic acid groups (broad SMARTS) is 2. The minimum absolute atomic E-state index is 0.463. The first-order valence-corrected chi connectivity index (χ1v) is 3.83. The van der Waals surface area contributed by atoms with Gasteiger partial charge in [0.1, 0.15) is 0 Å². The molecule has 3 N–H and O–H groups in total. The van der Waals surface area contributed by atoms with E-state index >= 15 is 0 Å². The van der Waals surface area contributed by atoms with Crippen LogP contribution in [-0.4, -0.2) is 39.5 Å². The van der Waals surface area contributed by atoms with Gasteiger partial charge in [-0.3, -0.25) is 14.4 Å². The summed E-state index contributed by atoms with van der Waals surface area (Å²) in [5.41, 5.74) is 0. The van der Waals surface area contributed by atoms with E-state index < -0.39 is 24.2 Å². The van der Waals surface area contributed by atoms with Crippen molar-refractivity contribution in [3.05, 3.63) is 0 Å². The van der Waals surface area contributed by atoms with Crippen LogP contribution < -0.4 is 0 Å². The van der Waals surface area contributed by atoms with Crippen LogP contribution in [0, 0.1) is 0 Å². The number of rotatable bonds is 1. The third-order valence-electron chi connectivity index (χ3n) is 0.337. The molecule has 0 saturated heterocycles. The maximum Gasteiger partial charge on any atom is 0.304 e. The molecule has 0 rings (SSSR count). The zero-order valence-corrected chi connectivity index (χ0v) is 9.05. The molecule has 0 saturated carbocycles. The molecule has 0 aliphatic heterocycles. The molecule has 0 aromatic rings. The maximum absolute atomic E-state index is 9.87. The maximum atomic E-state index is 9.87. The first kappa shape index (κ1) is 19.0. The first-order chi connectivity index (χ1) is 6.59. The van der Waals surface area contributed by atoms with Gasteiger partial charge >= 0.3 is 5.97 Å². The summed E-state index contributed by atoms with van der Waals surface area (Å²) in [6.07, 6.45) is -0.975. The number of aliphatic carboxylic acids is 2. The van der Waals surface area contributed by atoms with Crippen LogP contribution in [0.3, 0.4) is 0 Å². The molecule has 0 fully saturated rings. The average molecular weight is 224 g/mol. The van der Waals surface area contributed by atoms with Gasteiger partial charge in [-0.05, 0) is 6.92 Å². The van der Waals surface area contributed by atoms with Gasteiger partial charge in [0.15, 0.2) is 6.29 Å². The largest absolute Gasteiger partial charge is 0.481 e. The van der Waals surface area contributed by atoms with Crippen LogP contribution in [0.1, 0.15) is 27.7 Å². The number of aliphatic hydroxyl groups excluding tert-OH is 1. The van der Waals surface area contributed by atoms with E-state index in [4.69, 9.17) is 24.9 Å². The number of esters is 1. The minimum Gasteiger partial charge on any atom is -0.481 e. The van der Waals surface area contributed by atoms with Crippen molar-refractivity contribution in [2.24, 2.45) is 0 Å². The van der Waals surface area contributed by atoms with Crippen molar-refractivity contribution in [3.63, 3.8) is 0 Å². The second-order valence-electron chi connectivity index (χ2n) is 2.25. The van der Waals surface area contributed by atoms with E-state index in [1.54, 1.807) is 0 Å². The van der Waals surface area contributed by atoms with Crippen molar-refractivity contribution in [1.29, 1.82) is 0 Å². The van der Waals surface area contributed by atoms with Gasteiger partial charge in [0.2, 0.25) is 0 Å². The zero-order valence-electron chi connectivity index (χ0n) is 9.05. The Morgan fingerprint density at radius 1 is 1.00 bits per heavy atom. The van der Waals surface area contributed by atoms with Gasteiger partial charge in [0, 0.05) is 20.8 Å². The summed E-state index contributed by atoms with van der Waals surface area (Å²) in [5.74, 6) is -2.13. The molecular weight excluding hydrogens is 208 g/mol. The Bertz CT molecular complexity index is 177. The van der Waals surface area contributed by atoms with Crippen LogP contribution in [0.25, 0.3) is 0 Å².